The molecule has 130 valence electrons. The highest BCUT2D eigenvalue weighted by atomic mass is 19.1. The second kappa shape index (κ2) is 6.92. The van der Waals surface area contributed by atoms with E-state index in [0.717, 1.165) is 19.5 Å². The molecule has 1 N–H and O–H groups in total. The Morgan fingerprint density at radius 2 is 1.81 bits per heavy atom. The molecule has 2 heterocycles. The average Bonchev–Trinajstić information content (AvgIpc) is 2.68. The van der Waals surface area contributed by atoms with Gasteiger partial charge in [-0.05, 0) is 35.7 Å². The average molecular weight is 348 g/mol. The lowest BCUT2D eigenvalue weighted by Crippen LogP contribution is -2.31. The van der Waals surface area contributed by atoms with Gasteiger partial charge in [-0.1, -0.05) is 30.3 Å². The second-order valence-corrected chi connectivity index (χ2v) is 6.18. The van der Waals surface area contributed by atoms with Crippen LogP contribution in [0.2, 0.25) is 0 Å². The van der Waals surface area contributed by atoms with Crippen LogP contribution < -0.4 is 10.2 Å². The van der Waals surface area contributed by atoms with E-state index < -0.39 is 5.82 Å². The lowest BCUT2D eigenvalue weighted by molar-refractivity contribution is 0.102. The molecule has 2 aromatic carbocycles. The molecule has 0 saturated heterocycles. The number of amides is 1. The number of benzene rings is 2. The summed E-state index contributed by atoms with van der Waals surface area (Å²) in [7, 11) is 0. The highest BCUT2D eigenvalue weighted by Gasteiger charge is 2.18. The molecule has 0 saturated carbocycles. The first kappa shape index (κ1) is 16.2. The van der Waals surface area contributed by atoms with Crippen LogP contribution in [0.15, 0.2) is 60.9 Å². The zero-order chi connectivity index (χ0) is 17.9. The SMILES string of the molecule is O=C(Nc1cccc(F)c1)c1cnc(N2CCc3ccccc3C2)nc1. The Labute approximate surface area is 150 Å². The first-order valence-corrected chi connectivity index (χ1v) is 8.40. The van der Waals surface area contributed by atoms with Crippen molar-refractivity contribution >= 4 is 17.5 Å². The smallest absolute Gasteiger partial charge is 0.258 e. The van der Waals surface area contributed by atoms with E-state index in [2.05, 4.69) is 38.4 Å². The van der Waals surface area contributed by atoms with Crippen LogP contribution in [0, 0.1) is 5.82 Å². The number of hydrogen-bond donors (Lipinski definition) is 1. The van der Waals surface area contributed by atoms with E-state index in [9.17, 15) is 9.18 Å². The van der Waals surface area contributed by atoms with E-state index >= 15 is 0 Å². The molecule has 0 unspecified atom stereocenters. The summed E-state index contributed by atoms with van der Waals surface area (Å²) in [4.78, 5) is 23.0. The first-order valence-electron chi connectivity index (χ1n) is 8.40. The van der Waals surface area contributed by atoms with Crippen molar-refractivity contribution in [2.45, 2.75) is 13.0 Å². The van der Waals surface area contributed by atoms with Gasteiger partial charge in [0.2, 0.25) is 5.95 Å². The monoisotopic (exact) mass is 348 g/mol. The number of hydrogen-bond acceptors (Lipinski definition) is 4. The zero-order valence-corrected chi connectivity index (χ0v) is 14.0. The fraction of sp³-hybridized carbons (Fsp3) is 0.150. The summed E-state index contributed by atoms with van der Waals surface area (Å²) in [6.45, 7) is 1.59. The van der Waals surface area contributed by atoms with E-state index in [4.69, 9.17) is 0 Å². The fourth-order valence-electron chi connectivity index (χ4n) is 3.04. The van der Waals surface area contributed by atoms with Crippen LogP contribution in [0.1, 0.15) is 21.5 Å². The van der Waals surface area contributed by atoms with Crippen molar-refractivity contribution in [2.75, 3.05) is 16.8 Å². The maximum atomic E-state index is 13.2. The molecule has 0 radical (unpaired) electrons. The number of carbonyl (C=O) groups excluding carboxylic acids is 1. The minimum absolute atomic E-state index is 0.329. The second-order valence-electron chi connectivity index (χ2n) is 6.18. The molecule has 0 spiro atoms. The molecular weight excluding hydrogens is 331 g/mol. The van der Waals surface area contributed by atoms with Gasteiger partial charge in [0.25, 0.3) is 5.91 Å². The largest absolute Gasteiger partial charge is 0.336 e. The van der Waals surface area contributed by atoms with Crippen molar-refractivity contribution in [3.05, 3.63) is 83.4 Å². The number of rotatable bonds is 3. The Bertz CT molecular complexity index is 943. The third kappa shape index (κ3) is 3.39. The maximum Gasteiger partial charge on any atom is 0.258 e. The molecule has 5 nitrogen and oxygen atoms in total. The number of carbonyl (C=O) groups is 1. The van der Waals surface area contributed by atoms with Crippen LogP contribution in [-0.2, 0) is 13.0 Å². The van der Waals surface area contributed by atoms with E-state index in [1.165, 1.54) is 35.7 Å². The van der Waals surface area contributed by atoms with Gasteiger partial charge in [-0.25, -0.2) is 14.4 Å². The molecule has 0 atom stereocenters. The lowest BCUT2D eigenvalue weighted by Gasteiger charge is -2.28. The van der Waals surface area contributed by atoms with E-state index in [0.29, 0.717) is 17.2 Å². The molecule has 0 fully saturated rings. The van der Waals surface area contributed by atoms with Gasteiger partial charge < -0.3 is 10.2 Å². The van der Waals surface area contributed by atoms with Crippen LogP contribution in [0.5, 0.6) is 0 Å². The van der Waals surface area contributed by atoms with Crippen LogP contribution in [0.4, 0.5) is 16.0 Å². The third-order valence-corrected chi connectivity index (χ3v) is 4.40. The highest BCUT2D eigenvalue weighted by Crippen LogP contribution is 2.21. The number of anilines is 2. The number of halogens is 1. The van der Waals surface area contributed by atoms with Gasteiger partial charge >= 0.3 is 0 Å². The molecule has 3 aromatic rings. The van der Waals surface area contributed by atoms with Gasteiger partial charge in [0, 0.05) is 31.2 Å². The standard InChI is InChI=1S/C20H17FN4O/c21-17-6-3-7-18(10-17)24-19(26)16-11-22-20(23-12-16)25-9-8-14-4-1-2-5-15(14)13-25/h1-7,10-12H,8-9,13H2,(H,24,26). The number of nitrogens with one attached hydrogen (secondary N) is 1. The van der Waals surface area contributed by atoms with Crippen molar-refractivity contribution in [3.8, 4) is 0 Å². The molecular formula is C20H17FN4O. The minimum Gasteiger partial charge on any atom is -0.336 e. The van der Waals surface area contributed by atoms with Crippen LogP contribution in [0.3, 0.4) is 0 Å². The van der Waals surface area contributed by atoms with Crippen molar-refractivity contribution in [3.63, 3.8) is 0 Å². The summed E-state index contributed by atoms with van der Waals surface area (Å²) in [5.41, 5.74) is 3.35. The van der Waals surface area contributed by atoms with Crippen molar-refractivity contribution in [2.24, 2.45) is 0 Å². The number of nitrogens with zero attached hydrogens (tertiary/aromatic N) is 3. The van der Waals surface area contributed by atoms with Gasteiger partial charge in [0.1, 0.15) is 5.82 Å². The van der Waals surface area contributed by atoms with Gasteiger partial charge in [-0.2, -0.15) is 0 Å². The Balaban J connectivity index is 1.46. The molecule has 1 aromatic heterocycles. The Hall–Kier alpha value is -3.28. The molecule has 6 heteroatoms. The number of aromatic nitrogens is 2. The first-order chi connectivity index (χ1) is 12.7. The fourth-order valence-corrected chi connectivity index (χ4v) is 3.04. The van der Waals surface area contributed by atoms with Crippen molar-refractivity contribution < 1.29 is 9.18 Å². The van der Waals surface area contributed by atoms with E-state index in [1.54, 1.807) is 12.1 Å². The number of fused-ring (bicyclic) bond motifs is 1. The van der Waals surface area contributed by atoms with E-state index in [-0.39, 0.29) is 5.91 Å². The highest BCUT2D eigenvalue weighted by molar-refractivity contribution is 6.03. The van der Waals surface area contributed by atoms with Crippen LogP contribution >= 0.6 is 0 Å². The molecule has 1 amide bonds. The summed E-state index contributed by atoms with van der Waals surface area (Å²) in [5.74, 6) is -0.173. The quantitative estimate of drug-likeness (QED) is 0.788. The molecule has 0 bridgehead atoms. The van der Waals surface area contributed by atoms with Crippen LogP contribution in [-0.4, -0.2) is 22.4 Å². The molecule has 0 aliphatic carbocycles. The summed E-state index contributed by atoms with van der Waals surface area (Å²) in [6.07, 6.45) is 3.94. The van der Waals surface area contributed by atoms with Crippen LogP contribution in [0.25, 0.3) is 0 Å². The predicted octanol–water partition coefficient (Wildman–Crippen LogP) is 3.43. The Morgan fingerprint density at radius 3 is 2.58 bits per heavy atom. The topological polar surface area (TPSA) is 58.1 Å². The van der Waals surface area contributed by atoms with Gasteiger partial charge in [-0.15, -0.1) is 0 Å². The molecule has 1 aliphatic rings. The molecule has 4 rings (SSSR count). The predicted molar refractivity (Wildman–Crippen MR) is 97.6 cm³/mol. The molecule has 26 heavy (non-hydrogen) atoms. The molecule has 1 aliphatic heterocycles. The summed E-state index contributed by atoms with van der Waals surface area (Å²) < 4.78 is 13.2. The lowest BCUT2D eigenvalue weighted by atomic mass is 10.0. The van der Waals surface area contributed by atoms with Crippen molar-refractivity contribution in [1.82, 2.24) is 9.97 Å². The third-order valence-electron chi connectivity index (χ3n) is 4.40. The minimum atomic E-state index is -0.403. The Kier molecular flexibility index (Phi) is 4.31. The van der Waals surface area contributed by atoms with E-state index in [1.807, 2.05) is 6.07 Å². The summed E-state index contributed by atoms with van der Waals surface area (Å²) >= 11 is 0. The van der Waals surface area contributed by atoms with Gasteiger partial charge in [0.05, 0.1) is 5.56 Å². The zero-order valence-electron chi connectivity index (χ0n) is 14.0. The van der Waals surface area contributed by atoms with Gasteiger partial charge in [0.15, 0.2) is 0 Å². The normalized spacial score (nSPS) is 13.2. The maximum absolute atomic E-state index is 13.2. The Morgan fingerprint density at radius 1 is 1.04 bits per heavy atom. The van der Waals surface area contributed by atoms with Gasteiger partial charge in [-0.3, -0.25) is 4.79 Å². The summed E-state index contributed by atoms with van der Waals surface area (Å²) in [6, 6.07) is 14.1. The van der Waals surface area contributed by atoms with Crippen molar-refractivity contribution in [1.29, 1.82) is 0 Å². The summed E-state index contributed by atoms with van der Waals surface area (Å²) in [5, 5.41) is 2.64.